The van der Waals surface area contributed by atoms with E-state index in [1.165, 1.54) is 0 Å². The van der Waals surface area contributed by atoms with Crippen LogP contribution in [0.2, 0.25) is 0 Å². The maximum atomic E-state index is 13.2. The molecular weight excluding hydrogens is 348 g/mol. The van der Waals surface area contributed by atoms with E-state index in [1.54, 1.807) is 18.1 Å². The monoisotopic (exact) mass is 368 g/mol. The van der Waals surface area contributed by atoms with Gasteiger partial charge in [0.25, 0.3) is 5.91 Å². The van der Waals surface area contributed by atoms with Gasteiger partial charge >= 0.3 is 0 Å². The van der Waals surface area contributed by atoms with Crippen molar-refractivity contribution in [2.45, 2.75) is 6.92 Å². The normalized spacial score (nSPS) is 15.1. The third kappa shape index (κ3) is 3.45. The Kier molecular flexibility index (Phi) is 4.77. The predicted molar refractivity (Wildman–Crippen MR) is 113 cm³/mol. The molecule has 4 nitrogen and oxygen atoms in total. The molecule has 0 spiro atoms. The fraction of sp³-hybridized carbons (Fsp3) is 0.0833. The number of amides is 1. The van der Waals surface area contributed by atoms with Crippen LogP contribution in [0.4, 0.5) is 5.69 Å². The van der Waals surface area contributed by atoms with Crippen LogP contribution in [0.5, 0.6) is 5.75 Å². The number of anilines is 1. The largest absolute Gasteiger partial charge is 0.497 e. The Morgan fingerprint density at radius 3 is 2.39 bits per heavy atom. The lowest BCUT2D eigenvalue weighted by atomic mass is 10.1. The first-order chi connectivity index (χ1) is 13.7. The summed E-state index contributed by atoms with van der Waals surface area (Å²) in [5.41, 5.74) is 4.09. The second-order valence-electron chi connectivity index (χ2n) is 6.58. The number of aryl methyl sites for hydroxylation is 1. The van der Waals surface area contributed by atoms with Gasteiger partial charge in [0, 0.05) is 5.56 Å². The second-order valence-corrected chi connectivity index (χ2v) is 6.58. The lowest BCUT2D eigenvalue weighted by Crippen LogP contribution is -2.32. The van der Waals surface area contributed by atoms with Gasteiger partial charge in [-0.05, 0) is 42.8 Å². The molecule has 1 heterocycles. The number of hydrogen-bond acceptors (Lipinski definition) is 3. The molecule has 0 fully saturated rings. The molecule has 0 unspecified atom stereocenters. The zero-order valence-electron chi connectivity index (χ0n) is 15.8. The summed E-state index contributed by atoms with van der Waals surface area (Å²) in [6.45, 7) is 2.02. The summed E-state index contributed by atoms with van der Waals surface area (Å²) in [5, 5.41) is 0. The van der Waals surface area contributed by atoms with Crippen LogP contribution in [-0.4, -0.2) is 18.9 Å². The van der Waals surface area contributed by atoms with Crippen molar-refractivity contribution in [1.82, 2.24) is 0 Å². The number of rotatable bonds is 4. The summed E-state index contributed by atoms with van der Waals surface area (Å²) >= 11 is 0. The third-order valence-electron chi connectivity index (χ3n) is 4.58. The Balaban J connectivity index is 1.80. The summed E-state index contributed by atoms with van der Waals surface area (Å²) in [7, 11) is 1.62. The minimum Gasteiger partial charge on any atom is -0.497 e. The standard InChI is InChI=1S/C24H20N2O2/c1-17-11-13-20(14-12-17)26-23(19-8-4-3-5-9-19)25-22(24(26)27)16-18-7-6-10-21(15-18)28-2/h3-16H,1-2H3/b22-16+. The molecule has 0 N–H and O–H groups in total. The molecular formula is C24H20N2O2. The number of hydrogen-bond donors (Lipinski definition) is 0. The topological polar surface area (TPSA) is 41.9 Å². The quantitative estimate of drug-likeness (QED) is 0.619. The van der Waals surface area contributed by atoms with E-state index in [0.29, 0.717) is 11.5 Å². The molecule has 0 radical (unpaired) electrons. The molecule has 1 aliphatic rings. The van der Waals surface area contributed by atoms with Gasteiger partial charge in [-0.1, -0.05) is 60.2 Å². The lowest BCUT2D eigenvalue weighted by Gasteiger charge is -2.18. The van der Waals surface area contributed by atoms with Gasteiger partial charge < -0.3 is 4.74 Å². The van der Waals surface area contributed by atoms with Crippen molar-refractivity contribution < 1.29 is 9.53 Å². The molecule has 3 aromatic carbocycles. The summed E-state index contributed by atoms with van der Waals surface area (Å²) < 4.78 is 5.28. The highest BCUT2D eigenvalue weighted by molar-refractivity contribution is 6.33. The Bertz CT molecular complexity index is 1070. The molecule has 0 bridgehead atoms. The molecule has 1 amide bonds. The van der Waals surface area contributed by atoms with Gasteiger partial charge in [0.15, 0.2) is 0 Å². The van der Waals surface area contributed by atoms with Crippen LogP contribution in [0.15, 0.2) is 89.6 Å². The van der Waals surface area contributed by atoms with E-state index in [2.05, 4.69) is 4.99 Å². The fourth-order valence-electron chi connectivity index (χ4n) is 3.12. The average Bonchev–Trinajstić information content (AvgIpc) is 3.05. The maximum absolute atomic E-state index is 13.2. The van der Waals surface area contributed by atoms with Crippen LogP contribution in [-0.2, 0) is 4.79 Å². The van der Waals surface area contributed by atoms with Crippen molar-refractivity contribution in [3.05, 3.63) is 101 Å². The van der Waals surface area contributed by atoms with Crippen LogP contribution in [0, 0.1) is 6.92 Å². The molecule has 1 aliphatic heterocycles. The van der Waals surface area contributed by atoms with E-state index in [0.717, 1.165) is 28.1 Å². The van der Waals surface area contributed by atoms with Gasteiger partial charge in [-0.2, -0.15) is 0 Å². The predicted octanol–water partition coefficient (Wildman–Crippen LogP) is 4.84. The highest BCUT2D eigenvalue weighted by atomic mass is 16.5. The fourth-order valence-corrected chi connectivity index (χ4v) is 3.12. The minimum atomic E-state index is -0.148. The summed E-state index contributed by atoms with van der Waals surface area (Å²) in [6, 6.07) is 25.2. The van der Waals surface area contributed by atoms with Crippen molar-refractivity contribution in [3.8, 4) is 5.75 Å². The van der Waals surface area contributed by atoms with E-state index in [-0.39, 0.29) is 5.91 Å². The molecule has 4 heteroatoms. The Labute approximate surface area is 164 Å². The Morgan fingerprint density at radius 2 is 1.68 bits per heavy atom. The number of aliphatic imine (C=N–C) groups is 1. The smallest absolute Gasteiger partial charge is 0.282 e. The zero-order chi connectivity index (χ0) is 19.5. The van der Waals surface area contributed by atoms with Gasteiger partial charge in [-0.3, -0.25) is 9.69 Å². The first-order valence-corrected chi connectivity index (χ1v) is 9.07. The molecule has 0 atom stereocenters. The van der Waals surface area contributed by atoms with E-state index < -0.39 is 0 Å². The van der Waals surface area contributed by atoms with Crippen molar-refractivity contribution in [2.24, 2.45) is 4.99 Å². The SMILES string of the molecule is COc1cccc(/C=C2/N=C(c3ccccc3)N(c3ccc(C)cc3)C2=O)c1. The number of benzene rings is 3. The molecule has 0 saturated heterocycles. The molecule has 0 saturated carbocycles. The summed E-state index contributed by atoms with van der Waals surface area (Å²) in [6.07, 6.45) is 1.79. The zero-order valence-corrected chi connectivity index (χ0v) is 15.8. The van der Waals surface area contributed by atoms with Crippen molar-refractivity contribution in [2.75, 3.05) is 12.0 Å². The van der Waals surface area contributed by atoms with Gasteiger partial charge in [0.1, 0.15) is 17.3 Å². The number of carbonyl (C=O) groups is 1. The number of nitrogens with zero attached hydrogens (tertiary/aromatic N) is 2. The van der Waals surface area contributed by atoms with Gasteiger partial charge in [0.05, 0.1) is 12.8 Å². The molecule has 3 aromatic rings. The Morgan fingerprint density at radius 1 is 0.929 bits per heavy atom. The van der Waals surface area contributed by atoms with Crippen LogP contribution in [0.25, 0.3) is 6.08 Å². The van der Waals surface area contributed by atoms with E-state index in [4.69, 9.17) is 4.74 Å². The number of amidine groups is 1. The lowest BCUT2D eigenvalue weighted by molar-refractivity contribution is -0.113. The molecule has 28 heavy (non-hydrogen) atoms. The van der Waals surface area contributed by atoms with Gasteiger partial charge in [0.2, 0.25) is 0 Å². The van der Waals surface area contributed by atoms with Crippen LogP contribution in [0.3, 0.4) is 0 Å². The molecule has 4 rings (SSSR count). The second kappa shape index (κ2) is 7.53. The number of carbonyl (C=O) groups excluding carboxylic acids is 1. The maximum Gasteiger partial charge on any atom is 0.282 e. The molecule has 0 aromatic heterocycles. The van der Waals surface area contributed by atoms with Gasteiger partial charge in [-0.25, -0.2) is 4.99 Å². The summed E-state index contributed by atoms with van der Waals surface area (Å²) in [4.78, 5) is 19.6. The van der Waals surface area contributed by atoms with Crippen molar-refractivity contribution in [1.29, 1.82) is 0 Å². The number of methoxy groups -OCH3 is 1. The first-order valence-electron chi connectivity index (χ1n) is 9.07. The first kappa shape index (κ1) is 17.7. The van der Waals surface area contributed by atoms with Crippen LogP contribution in [0.1, 0.15) is 16.7 Å². The molecule has 0 aliphatic carbocycles. The van der Waals surface area contributed by atoms with E-state index >= 15 is 0 Å². The summed E-state index contributed by atoms with van der Waals surface area (Å²) in [5.74, 6) is 1.22. The van der Waals surface area contributed by atoms with Gasteiger partial charge in [-0.15, -0.1) is 0 Å². The van der Waals surface area contributed by atoms with E-state index in [9.17, 15) is 4.79 Å². The number of ether oxygens (including phenoxy) is 1. The molecule has 138 valence electrons. The van der Waals surface area contributed by atoms with Crippen LogP contribution >= 0.6 is 0 Å². The third-order valence-corrected chi connectivity index (χ3v) is 4.58. The van der Waals surface area contributed by atoms with Crippen molar-refractivity contribution >= 4 is 23.5 Å². The average molecular weight is 368 g/mol. The van der Waals surface area contributed by atoms with Crippen molar-refractivity contribution in [3.63, 3.8) is 0 Å². The highest BCUT2D eigenvalue weighted by Crippen LogP contribution is 2.28. The minimum absolute atomic E-state index is 0.148. The van der Waals surface area contributed by atoms with E-state index in [1.807, 2.05) is 85.8 Å². The van der Waals surface area contributed by atoms with Crippen LogP contribution < -0.4 is 9.64 Å². The highest BCUT2D eigenvalue weighted by Gasteiger charge is 2.32. The Hall–Kier alpha value is -3.66.